The minimum absolute atomic E-state index is 0.110. The molecule has 0 fully saturated rings. The van der Waals surface area contributed by atoms with Gasteiger partial charge in [0.1, 0.15) is 0 Å². The lowest BCUT2D eigenvalue weighted by molar-refractivity contribution is 0.527. The first-order valence-corrected chi connectivity index (χ1v) is 7.82. The van der Waals surface area contributed by atoms with E-state index in [9.17, 15) is 0 Å². The van der Waals surface area contributed by atoms with Gasteiger partial charge >= 0.3 is 0 Å². The van der Waals surface area contributed by atoms with E-state index in [0.717, 1.165) is 29.7 Å². The molecule has 1 N–H and O–H groups in total. The molecule has 0 spiro atoms. The molecule has 2 aromatic rings. The Bertz CT molecular complexity index is 565. The van der Waals surface area contributed by atoms with Crippen LogP contribution < -0.4 is 5.32 Å². The molecule has 0 radical (unpaired) electrons. The third-order valence-electron chi connectivity index (χ3n) is 3.23. The van der Waals surface area contributed by atoms with Crippen LogP contribution in [0.4, 0.5) is 0 Å². The highest BCUT2D eigenvalue weighted by atomic mass is 79.9. The summed E-state index contributed by atoms with van der Waals surface area (Å²) >= 11 is 3.62. The number of hydrogen-bond donors (Lipinski definition) is 1. The van der Waals surface area contributed by atoms with E-state index >= 15 is 0 Å². The molecule has 20 heavy (non-hydrogen) atoms. The summed E-state index contributed by atoms with van der Waals surface area (Å²) < 4.78 is 3.06. The maximum absolute atomic E-state index is 4.42. The number of rotatable bonds is 6. The van der Waals surface area contributed by atoms with Gasteiger partial charge in [0.15, 0.2) is 0 Å². The Morgan fingerprint density at radius 2 is 2.10 bits per heavy atom. The summed E-state index contributed by atoms with van der Waals surface area (Å²) in [6.45, 7) is 8.16. The Morgan fingerprint density at radius 1 is 1.30 bits per heavy atom. The van der Waals surface area contributed by atoms with Crippen LogP contribution in [0.15, 0.2) is 29.1 Å². The lowest BCUT2D eigenvalue weighted by Crippen LogP contribution is -2.26. The van der Waals surface area contributed by atoms with Crippen LogP contribution in [0.3, 0.4) is 0 Å². The molecule has 0 aliphatic carbocycles. The quantitative estimate of drug-likeness (QED) is 0.878. The Hall–Kier alpha value is -1.20. The van der Waals surface area contributed by atoms with Gasteiger partial charge in [-0.25, -0.2) is 0 Å². The van der Waals surface area contributed by atoms with E-state index < -0.39 is 0 Å². The van der Waals surface area contributed by atoms with Gasteiger partial charge in [-0.3, -0.25) is 9.67 Å². The molecule has 5 heteroatoms. The van der Waals surface area contributed by atoms with Gasteiger partial charge in [-0.15, -0.1) is 0 Å². The van der Waals surface area contributed by atoms with E-state index in [1.807, 2.05) is 23.3 Å². The molecule has 0 aliphatic rings. The summed E-state index contributed by atoms with van der Waals surface area (Å²) in [4.78, 5) is 4.32. The first-order chi connectivity index (χ1) is 9.67. The zero-order valence-corrected chi connectivity index (χ0v) is 13.8. The molecule has 4 nitrogen and oxygen atoms in total. The molecular weight excluding hydrogens is 316 g/mol. The first-order valence-electron chi connectivity index (χ1n) is 7.03. The maximum Gasteiger partial charge on any atom is 0.0774 e. The highest BCUT2D eigenvalue weighted by molar-refractivity contribution is 9.10. The van der Waals surface area contributed by atoms with E-state index in [1.54, 1.807) is 0 Å². The zero-order chi connectivity index (χ0) is 14.5. The SMILES string of the molecule is CCCNC(c1cncc(C)c1)c1c(Br)cnn1CC. The van der Waals surface area contributed by atoms with Crippen molar-refractivity contribution in [1.29, 1.82) is 0 Å². The van der Waals surface area contributed by atoms with Crippen molar-refractivity contribution in [1.82, 2.24) is 20.1 Å². The standard InChI is InChI=1S/C15H21BrN4/c1-4-6-18-14(12-7-11(3)8-17-9-12)15-13(16)10-19-20(15)5-2/h7-10,14,18H,4-6H2,1-3H3. The van der Waals surface area contributed by atoms with Gasteiger partial charge < -0.3 is 5.32 Å². The molecule has 0 aromatic carbocycles. The molecule has 2 rings (SSSR count). The van der Waals surface area contributed by atoms with Crippen molar-refractivity contribution in [2.24, 2.45) is 0 Å². The van der Waals surface area contributed by atoms with Crippen LogP contribution in [0.25, 0.3) is 0 Å². The second kappa shape index (κ2) is 6.99. The summed E-state index contributed by atoms with van der Waals surface area (Å²) in [5, 5.41) is 8.02. The fourth-order valence-corrected chi connectivity index (χ4v) is 2.83. The smallest absolute Gasteiger partial charge is 0.0774 e. The van der Waals surface area contributed by atoms with Gasteiger partial charge in [-0.2, -0.15) is 5.10 Å². The van der Waals surface area contributed by atoms with Gasteiger partial charge in [0, 0.05) is 18.9 Å². The normalized spacial score (nSPS) is 12.6. The van der Waals surface area contributed by atoms with Gasteiger partial charge in [0.25, 0.3) is 0 Å². The Kier molecular flexibility index (Phi) is 5.31. The van der Waals surface area contributed by atoms with E-state index in [0.29, 0.717) is 0 Å². The van der Waals surface area contributed by atoms with Gasteiger partial charge in [0.05, 0.1) is 22.4 Å². The predicted octanol–water partition coefficient (Wildman–Crippen LogP) is 3.46. The molecule has 1 atom stereocenters. The molecule has 2 heterocycles. The van der Waals surface area contributed by atoms with Crippen LogP contribution in [0.5, 0.6) is 0 Å². The topological polar surface area (TPSA) is 42.7 Å². The minimum Gasteiger partial charge on any atom is -0.305 e. The van der Waals surface area contributed by atoms with Crippen LogP contribution in [0.2, 0.25) is 0 Å². The van der Waals surface area contributed by atoms with Gasteiger partial charge in [-0.1, -0.05) is 13.0 Å². The Labute approximate surface area is 128 Å². The minimum atomic E-state index is 0.110. The highest BCUT2D eigenvalue weighted by Gasteiger charge is 2.21. The summed E-state index contributed by atoms with van der Waals surface area (Å²) in [5.74, 6) is 0. The van der Waals surface area contributed by atoms with Crippen LogP contribution >= 0.6 is 15.9 Å². The largest absolute Gasteiger partial charge is 0.305 e. The third kappa shape index (κ3) is 3.27. The van der Waals surface area contributed by atoms with Crippen molar-refractivity contribution >= 4 is 15.9 Å². The zero-order valence-electron chi connectivity index (χ0n) is 12.2. The monoisotopic (exact) mass is 336 g/mol. The first kappa shape index (κ1) is 15.2. The molecule has 0 saturated carbocycles. The van der Waals surface area contributed by atoms with Crippen molar-refractivity contribution < 1.29 is 0 Å². The van der Waals surface area contributed by atoms with E-state index in [4.69, 9.17) is 0 Å². The van der Waals surface area contributed by atoms with Crippen LogP contribution in [0.1, 0.15) is 43.1 Å². The lowest BCUT2D eigenvalue weighted by atomic mass is 10.0. The van der Waals surface area contributed by atoms with Gasteiger partial charge in [0.2, 0.25) is 0 Å². The Balaban J connectivity index is 2.44. The second-order valence-corrected chi connectivity index (χ2v) is 5.73. The number of aryl methyl sites for hydroxylation is 2. The Morgan fingerprint density at radius 3 is 2.75 bits per heavy atom. The van der Waals surface area contributed by atoms with E-state index in [-0.39, 0.29) is 6.04 Å². The van der Waals surface area contributed by atoms with Crippen LogP contribution in [-0.4, -0.2) is 21.3 Å². The summed E-state index contributed by atoms with van der Waals surface area (Å²) in [6.07, 6.45) is 6.77. The third-order valence-corrected chi connectivity index (χ3v) is 3.85. The van der Waals surface area contributed by atoms with Crippen molar-refractivity contribution in [2.75, 3.05) is 6.54 Å². The molecule has 0 amide bonds. The average molecular weight is 337 g/mol. The van der Waals surface area contributed by atoms with E-state index in [1.165, 1.54) is 11.1 Å². The van der Waals surface area contributed by atoms with Gasteiger partial charge in [-0.05, 0) is 53.9 Å². The molecule has 2 aromatic heterocycles. The molecule has 0 aliphatic heterocycles. The molecular formula is C15H21BrN4. The number of halogens is 1. The average Bonchev–Trinajstić information content (AvgIpc) is 2.81. The second-order valence-electron chi connectivity index (χ2n) is 4.88. The lowest BCUT2D eigenvalue weighted by Gasteiger charge is -2.21. The fourth-order valence-electron chi connectivity index (χ4n) is 2.31. The van der Waals surface area contributed by atoms with Crippen molar-refractivity contribution in [3.8, 4) is 0 Å². The number of nitrogens with one attached hydrogen (secondary N) is 1. The fraction of sp³-hybridized carbons (Fsp3) is 0.467. The summed E-state index contributed by atoms with van der Waals surface area (Å²) in [5.41, 5.74) is 3.51. The summed E-state index contributed by atoms with van der Waals surface area (Å²) in [7, 11) is 0. The number of nitrogens with zero attached hydrogens (tertiary/aromatic N) is 3. The van der Waals surface area contributed by atoms with Crippen LogP contribution in [0, 0.1) is 6.92 Å². The number of pyridine rings is 1. The molecule has 0 saturated heterocycles. The predicted molar refractivity (Wildman–Crippen MR) is 84.7 cm³/mol. The van der Waals surface area contributed by atoms with Crippen molar-refractivity contribution in [2.45, 2.75) is 39.8 Å². The number of aromatic nitrogens is 3. The van der Waals surface area contributed by atoms with Crippen molar-refractivity contribution in [3.05, 3.63) is 46.0 Å². The molecule has 108 valence electrons. The summed E-state index contributed by atoms with van der Waals surface area (Å²) in [6, 6.07) is 2.29. The van der Waals surface area contributed by atoms with Crippen LogP contribution in [-0.2, 0) is 6.54 Å². The van der Waals surface area contributed by atoms with E-state index in [2.05, 4.69) is 58.2 Å². The molecule has 1 unspecified atom stereocenters. The maximum atomic E-state index is 4.42. The van der Waals surface area contributed by atoms with Crippen molar-refractivity contribution in [3.63, 3.8) is 0 Å². The number of hydrogen-bond acceptors (Lipinski definition) is 3. The highest BCUT2D eigenvalue weighted by Crippen LogP contribution is 2.28. The molecule has 0 bridgehead atoms.